The number of aryl methyl sites for hydroxylation is 1. The maximum Gasteiger partial charge on any atom is 0.339 e. The number of rotatable bonds is 3. The lowest BCUT2D eigenvalue weighted by Gasteiger charge is -2.32. The van der Waals surface area contributed by atoms with Crippen LogP contribution in [0.2, 0.25) is 0 Å². The van der Waals surface area contributed by atoms with Gasteiger partial charge in [-0.1, -0.05) is 0 Å². The third-order valence-electron chi connectivity index (χ3n) is 5.57. The van der Waals surface area contributed by atoms with E-state index >= 15 is 0 Å². The second-order valence-electron chi connectivity index (χ2n) is 7.24. The first-order chi connectivity index (χ1) is 14.8. The molecule has 0 spiro atoms. The van der Waals surface area contributed by atoms with Crippen LogP contribution in [0.25, 0.3) is 11.0 Å². The Bertz CT molecular complexity index is 1280. The van der Waals surface area contributed by atoms with E-state index in [9.17, 15) is 14.4 Å². The van der Waals surface area contributed by atoms with Crippen LogP contribution in [0.5, 0.6) is 5.75 Å². The molecule has 4 rings (SSSR count). The van der Waals surface area contributed by atoms with Crippen LogP contribution in [0.4, 0.5) is 5.69 Å². The highest BCUT2D eigenvalue weighted by Gasteiger charge is 2.27. The number of carbonyl (C=O) groups is 2. The summed E-state index contributed by atoms with van der Waals surface area (Å²) in [6.07, 6.45) is 0. The van der Waals surface area contributed by atoms with Gasteiger partial charge in [-0.2, -0.15) is 0 Å². The van der Waals surface area contributed by atoms with Gasteiger partial charge in [0.15, 0.2) is 6.73 Å². The molecule has 0 saturated heterocycles. The van der Waals surface area contributed by atoms with Gasteiger partial charge in [0.1, 0.15) is 11.3 Å². The van der Waals surface area contributed by atoms with Crippen molar-refractivity contribution in [2.45, 2.75) is 20.4 Å². The van der Waals surface area contributed by atoms with Crippen LogP contribution >= 0.6 is 0 Å². The van der Waals surface area contributed by atoms with E-state index in [2.05, 4.69) is 0 Å². The average molecular weight is 423 g/mol. The Kier molecular flexibility index (Phi) is 5.14. The number of methoxy groups -OCH3 is 2. The molecule has 0 bridgehead atoms. The molecular formula is C23H21NO7. The van der Waals surface area contributed by atoms with Crippen LogP contribution in [0.3, 0.4) is 0 Å². The van der Waals surface area contributed by atoms with Crippen molar-refractivity contribution in [1.82, 2.24) is 0 Å². The highest BCUT2D eigenvalue weighted by atomic mass is 16.5. The van der Waals surface area contributed by atoms with Crippen LogP contribution in [-0.2, 0) is 16.0 Å². The average Bonchev–Trinajstić information content (AvgIpc) is 2.80. The second-order valence-corrected chi connectivity index (χ2v) is 7.24. The highest BCUT2D eigenvalue weighted by molar-refractivity contribution is 5.99. The van der Waals surface area contributed by atoms with Crippen molar-refractivity contribution in [1.29, 1.82) is 0 Å². The Morgan fingerprint density at radius 3 is 2.45 bits per heavy atom. The van der Waals surface area contributed by atoms with Crippen molar-refractivity contribution in [2.24, 2.45) is 0 Å². The fourth-order valence-electron chi connectivity index (χ4n) is 3.69. The first kappa shape index (κ1) is 20.5. The number of esters is 2. The van der Waals surface area contributed by atoms with E-state index in [1.165, 1.54) is 26.4 Å². The van der Waals surface area contributed by atoms with Crippen molar-refractivity contribution >= 4 is 28.6 Å². The molecule has 0 aliphatic carbocycles. The van der Waals surface area contributed by atoms with E-state index in [0.29, 0.717) is 34.7 Å². The third-order valence-corrected chi connectivity index (χ3v) is 5.57. The lowest BCUT2D eigenvalue weighted by atomic mass is 10.0. The number of hydrogen-bond donors (Lipinski definition) is 0. The summed E-state index contributed by atoms with van der Waals surface area (Å²) >= 11 is 0. The number of carbonyl (C=O) groups excluding carboxylic acids is 2. The van der Waals surface area contributed by atoms with Gasteiger partial charge >= 0.3 is 17.6 Å². The number of ether oxygens (including phenoxy) is 3. The molecule has 160 valence electrons. The summed E-state index contributed by atoms with van der Waals surface area (Å²) in [5.41, 5.74) is 3.13. The summed E-state index contributed by atoms with van der Waals surface area (Å²) in [5, 5.41) is 0.817. The van der Waals surface area contributed by atoms with Gasteiger partial charge in [0.2, 0.25) is 0 Å². The molecule has 0 saturated carbocycles. The lowest BCUT2D eigenvalue weighted by Crippen LogP contribution is -2.33. The Balaban J connectivity index is 1.86. The first-order valence-electron chi connectivity index (χ1n) is 9.60. The topological polar surface area (TPSA) is 95.3 Å². The summed E-state index contributed by atoms with van der Waals surface area (Å²) in [7, 11) is 2.57. The molecule has 0 unspecified atom stereocenters. The summed E-state index contributed by atoms with van der Waals surface area (Å²) < 4.78 is 21.2. The molecule has 0 amide bonds. The monoisotopic (exact) mass is 423 g/mol. The summed E-state index contributed by atoms with van der Waals surface area (Å²) in [6.45, 7) is 4.02. The molecule has 8 heteroatoms. The molecule has 1 aromatic heterocycles. The van der Waals surface area contributed by atoms with Crippen LogP contribution in [0.1, 0.15) is 37.4 Å². The van der Waals surface area contributed by atoms with Crippen molar-refractivity contribution in [3.63, 3.8) is 0 Å². The molecule has 0 radical (unpaired) electrons. The van der Waals surface area contributed by atoms with E-state index in [1.807, 2.05) is 19.1 Å². The molecule has 1 aliphatic heterocycles. The minimum atomic E-state index is -0.548. The minimum Gasteiger partial charge on any atom is -0.473 e. The Morgan fingerprint density at radius 2 is 1.74 bits per heavy atom. The van der Waals surface area contributed by atoms with Gasteiger partial charge in [-0.3, -0.25) is 0 Å². The molecule has 1 aliphatic rings. The smallest absolute Gasteiger partial charge is 0.339 e. The van der Waals surface area contributed by atoms with Gasteiger partial charge in [-0.15, -0.1) is 0 Å². The van der Waals surface area contributed by atoms with Gasteiger partial charge in [0.05, 0.1) is 43.1 Å². The normalized spacial score (nSPS) is 12.8. The van der Waals surface area contributed by atoms with E-state index in [1.54, 1.807) is 17.9 Å². The van der Waals surface area contributed by atoms with Crippen LogP contribution < -0.4 is 15.3 Å². The number of benzene rings is 2. The molecule has 0 atom stereocenters. The van der Waals surface area contributed by atoms with Gasteiger partial charge in [0, 0.05) is 10.9 Å². The summed E-state index contributed by atoms with van der Waals surface area (Å²) in [5.74, 6) is -0.481. The largest absolute Gasteiger partial charge is 0.473 e. The third kappa shape index (κ3) is 3.39. The fourth-order valence-corrected chi connectivity index (χ4v) is 3.69. The summed E-state index contributed by atoms with van der Waals surface area (Å²) in [4.78, 5) is 38.5. The maximum atomic E-state index is 12.3. The zero-order valence-corrected chi connectivity index (χ0v) is 17.6. The number of anilines is 1. The van der Waals surface area contributed by atoms with E-state index < -0.39 is 17.6 Å². The molecule has 31 heavy (non-hydrogen) atoms. The van der Waals surface area contributed by atoms with E-state index in [4.69, 9.17) is 18.6 Å². The minimum absolute atomic E-state index is 0.127. The standard InChI is InChI=1S/C23H21NO7/c1-12-13(2)21(25)31-20-15(12)7-8-19-17(20)10-24(11-30-19)18-9-14(22(26)28-3)5-6-16(18)23(27)29-4/h5-9H,10-11H2,1-4H3. The zero-order chi connectivity index (χ0) is 22.3. The molecular weight excluding hydrogens is 402 g/mol. The quantitative estimate of drug-likeness (QED) is 0.468. The van der Waals surface area contributed by atoms with Crippen molar-refractivity contribution < 1.29 is 28.2 Å². The number of nitrogens with zero attached hydrogens (tertiary/aromatic N) is 1. The SMILES string of the molecule is COC(=O)c1ccc(C(=O)OC)c(N2COc3ccc4c(C)c(C)c(=O)oc4c3C2)c1. The van der Waals surface area contributed by atoms with Crippen LogP contribution in [-0.4, -0.2) is 32.9 Å². The predicted octanol–water partition coefficient (Wildman–Crippen LogP) is 3.34. The van der Waals surface area contributed by atoms with Gasteiger partial charge < -0.3 is 23.5 Å². The fraction of sp³-hybridized carbons (Fsp3) is 0.261. The van der Waals surface area contributed by atoms with Gasteiger partial charge in [-0.05, 0) is 49.7 Å². The Hall–Kier alpha value is -3.81. The van der Waals surface area contributed by atoms with Crippen LogP contribution in [0, 0.1) is 13.8 Å². The molecule has 8 nitrogen and oxygen atoms in total. The first-order valence-corrected chi connectivity index (χ1v) is 9.60. The predicted molar refractivity (Wildman–Crippen MR) is 113 cm³/mol. The molecule has 0 fully saturated rings. The van der Waals surface area contributed by atoms with Crippen molar-refractivity contribution in [3.8, 4) is 5.75 Å². The van der Waals surface area contributed by atoms with Crippen LogP contribution in [0.15, 0.2) is 39.5 Å². The Labute approximate surface area is 177 Å². The van der Waals surface area contributed by atoms with E-state index in [0.717, 1.165) is 10.9 Å². The summed E-state index contributed by atoms with van der Waals surface area (Å²) in [6, 6.07) is 8.28. The highest BCUT2D eigenvalue weighted by Crippen LogP contribution is 2.36. The van der Waals surface area contributed by atoms with Gasteiger partial charge in [0.25, 0.3) is 0 Å². The molecule has 3 aromatic rings. The molecule has 0 N–H and O–H groups in total. The zero-order valence-electron chi connectivity index (χ0n) is 17.6. The van der Waals surface area contributed by atoms with Crippen molar-refractivity contribution in [3.05, 3.63) is 68.6 Å². The number of hydrogen-bond acceptors (Lipinski definition) is 8. The van der Waals surface area contributed by atoms with Gasteiger partial charge in [-0.25, -0.2) is 14.4 Å². The number of fused-ring (bicyclic) bond motifs is 3. The second kappa shape index (κ2) is 7.79. The lowest BCUT2D eigenvalue weighted by molar-refractivity contribution is 0.0587. The maximum absolute atomic E-state index is 12.3. The van der Waals surface area contributed by atoms with E-state index in [-0.39, 0.29) is 17.9 Å². The molecule has 2 aromatic carbocycles. The molecule has 2 heterocycles. The van der Waals surface area contributed by atoms with Crippen molar-refractivity contribution in [2.75, 3.05) is 25.9 Å². The Morgan fingerprint density at radius 1 is 1.00 bits per heavy atom.